The molecule has 1 aliphatic carbocycles. The van der Waals surface area contributed by atoms with Gasteiger partial charge in [0.25, 0.3) is 5.91 Å². The van der Waals surface area contributed by atoms with Gasteiger partial charge in [0.15, 0.2) is 0 Å². The smallest absolute Gasteiger partial charge is 0.324 e. The Morgan fingerprint density at radius 3 is 2.36 bits per heavy atom. The Labute approximate surface area is 166 Å². The number of nitrogens with one attached hydrogen (secondary N) is 1. The molecule has 3 amide bonds. The number of rotatable bonds is 5. The summed E-state index contributed by atoms with van der Waals surface area (Å²) in [4.78, 5) is 29.1. The third-order valence-corrected chi connectivity index (χ3v) is 5.66. The molecule has 2 fully saturated rings. The van der Waals surface area contributed by atoms with E-state index in [2.05, 4.69) is 5.32 Å². The van der Waals surface area contributed by atoms with Crippen LogP contribution < -0.4 is 10.2 Å². The molecule has 0 atom stereocenters. The van der Waals surface area contributed by atoms with Crippen LogP contribution in [0.25, 0.3) is 0 Å². The Hall–Kier alpha value is -2.82. The van der Waals surface area contributed by atoms with Gasteiger partial charge in [0.2, 0.25) is 0 Å². The number of benzene rings is 2. The summed E-state index contributed by atoms with van der Waals surface area (Å²) in [5.74, 6) is -0.0193. The molecular formula is C23H27N3O2. The van der Waals surface area contributed by atoms with Crippen molar-refractivity contribution in [1.82, 2.24) is 10.2 Å². The maximum absolute atomic E-state index is 13.0. The molecule has 2 aromatic carbocycles. The molecule has 5 heteroatoms. The van der Waals surface area contributed by atoms with E-state index in [4.69, 9.17) is 0 Å². The van der Waals surface area contributed by atoms with Crippen LogP contribution in [0.1, 0.15) is 48.0 Å². The minimum atomic E-state index is -0.0193. The maximum Gasteiger partial charge on any atom is 0.324 e. The summed E-state index contributed by atoms with van der Waals surface area (Å²) in [6.45, 7) is 2.10. The van der Waals surface area contributed by atoms with Crippen LogP contribution in [0.15, 0.2) is 54.6 Å². The van der Waals surface area contributed by atoms with Crippen LogP contribution >= 0.6 is 0 Å². The zero-order valence-corrected chi connectivity index (χ0v) is 16.1. The first-order chi connectivity index (χ1) is 13.7. The first-order valence-electron chi connectivity index (χ1n) is 10.2. The molecule has 1 saturated heterocycles. The van der Waals surface area contributed by atoms with Gasteiger partial charge in [0, 0.05) is 36.9 Å². The molecule has 146 valence electrons. The number of carbonyl (C=O) groups is 2. The first kappa shape index (κ1) is 18.5. The van der Waals surface area contributed by atoms with Crippen molar-refractivity contribution in [1.29, 1.82) is 0 Å². The fourth-order valence-electron chi connectivity index (χ4n) is 4.10. The number of anilines is 1. The minimum Gasteiger partial charge on any atom is -0.349 e. The van der Waals surface area contributed by atoms with Crippen molar-refractivity contribution in [3.8, 4) is 0 Å². The zero-order valence-electron chi connectivity index (χ0n) is 16.1. The summed E-state index contributed by atoms with van der Waals surface area (Å²) >= 11 is 0. The van der Waals surface area contributed by atoms with Crippen molar-refractivity contribution >= 4 is 17.6 Å². The van der Waals surface area contributed by atoms with Gasteiger partial charge in [-0.15, -0.1) is 0 Å². The molecule has 1 saturated carbocycles. The van der Waals surface area contributed by atoms with Crippen molar-refractivity contribution in [2.24, 2.45) is 0 Å². The molecule has 0 unspecified atom stereocenters. The molecule has 0 spiro atoms. The summed E-state index contributed by atoms with van der Waals surface area (Å²) in [7, 11) is 0. The van der Waals surface area contributed by atoms with Crippen molar-refractivity contribution in [3.63, 3.8) is 0 Å². The lowest BCUT2D eigenvalue weighted by molar-refractivity contribution is 0.0938. The van der Waals surface area contributed by atoms with E-state index in [-0.39, 0.29) is 11.9 Å². The average molecular weight is 377 g/mol. The second kappa shape index (κ2) is 8.46. The second-order valence-electron chi connectivity index (χ2n) is 7.70. The standard InChI is InChI=1S/C23H27N3O2/c27-22(24-20-9-4-5-10-20)19-11-13-21(14-12-19)26-16-6-15-25(23(26)28)17-18-7-2-1-3-8-18/h1-3,7-8,11-14,20H,4-6,9-10,15-17H2,(H,24,27). The molecule has 0 bridgehead atoms. The van der Waals surface area contributed by atoms with Crippen molar-refractivity contribution in [2.75, 3.05) is 18.0 Å². The summed E-state index contributed by atoms with van der Waals surface area (Å²) in [5, 5.41) is 3.11. The highest BCUT2D eigenvalue weighted by Gasteiger charge is 2.27. The molecule has 28 heavy (non-hydrogen) atoms. The summed E-state index contributed by atoms with van der Waals surface area (Å²) in [5.41, 5.74) is 2.64. The van der Waals surface area contributed by atoms with E-state index in [0.29, 0.717) is 24.7 Å². The molecule has 1 aliphatic heterocycles. The fourth-order valence-corrected chi connectivity index (χ4v) is 4.10. The number of urea groups is 1. The van der Waals surface area contributed by atoms with Crippen LogP contribution in [0.2, 0.25) is 0 Å². The lowest BCUT2D eigenvalue weighted by Gasteiger charge is -2.35. The molecule has 4 rings (SSSR count). The summed E-state index contributed by atoms with van der Waals surface area (Å²) in [6.07, 6.45) is 5.47. The molecule has 2 aromatic rings. The Bertz CT molecular complexity index is 814. The van der Waals surface area contributed by atoms with E-state index in [1.54, 1.807) is 0 Å². The van der Waals surface area contributed by atoms with Gasteiger partial charge in [-0.1, -0.05) is 43.2 Å². The van der Waals surface area contributed by atoms with Gasteiger partial charge in [-0.05, 0) is 49.1 Å². The van der Waals surface area contributed by atoms with E-state index < -0.39 is 0 Å². The Balaban J connectivity index is 1.41. The topological polar surface area (TPSA) is 52.7 Å². The lowest BCUT2D eigenvalue weighted by Crippen LogP contribution is -2.49. The van der Waals surface area contributed by atoms with E-state index in [9.17, 15) is 9.59 Å². The van der Waals surface area contributed by atoms with Gasteiger partial charge in [0.05, 0.1) is 0 Å². The summed E-state index contributed by atoms with van der Waals surface area (Å²) in [6, 6.07) is 17.8. The van der Waals surface area contributed by atoms with E-state index in [1.165, 1.54) is 12.8 Å². The minimum absolute atomic E-state index is 0.0193. The van der Waals surface area contributed by atoms with E-state index >= 15 is 0 Å². The molecular weight excluding hydrogens is 350 g/mol. The third kappa shape index (κ3) is 4.19. The summed E-state index contributed by atoms with van der Waals surface area (Å²) < 4.78 is 0. The zero-order chi connectivity index (χ0) is 19.3. The highest BCUT2D eigenvalue weighted by molar-refractivity contribution is 5.96. The molecule has 1 N–H and O–H groups in total. The average Bonchev–Trinajstić information content (AvgIpc) is 3.24. The molecule has 0 radical (unpaired) electrons. The van der Waals surface area contributed by atoms with Crippen LogP contribution in [-0.4, -0.2) is 36.0 Å². The van der Waals surface area contributed by atoms with E-state index in [1.807, 2.05) is 64.4 Å². The maximum atomic E-state index is 13.0. The Morgan fingerprint density at radius 1 is 0.929 bits per heavy atom. The number of nitrogens with zero attached hydrogens (tertiary/aromatic N) is 2. The van der Waals surface area contributed by atoms with Crippen molar-refractivity contribution < 1.29 is 9.59 Å². The van der Waals surface area contributed by atoms with Gasteiger partial charge in [-0.3, -0.25) is 9.69 Å². The highest BCUT2D eigenvalue weighted by Crippen LogP contribution is 2.23. The third-order valence-electron chi connectivity index (χ3n) is 5.66. The lowest BCUT2D eigenvalue weighted by atomic mass is 10.1. The Kier molecular flexibility index (Phi) is 5.60. The van der Waals surface area contributed by atoms with Gasteiger partial charge in [-0.2, -0.15) is 0 Å². The van der Waals surface area contributed by atoms with Crippen LogP contribution in [0, 0.1) is 0 Å². The highest BCUT2D eigenvalue weighted by atomic mass is 16.2. The number of hydrogen-bond donors (Lipinski definition) is 1. The largest absolute Gasteiger partial charge is 0.349 e. The number of carbonyl (C=O) groups excluding carboxylic acids is 2. The van der Waals surface area contributed by atoms with E-state index in [0.717, 1.165) is 37.1 Å². The Morgan fingerprint density at radius 2 is 1.64 bits per heavy atom. The van der Waals surface area contributed by atoms with Crippen LogP contribution in [-0.2, 0) is 6.54 Å². The van der Waals surface area contributed by atoms with Crippen molar-refractivity contribution in [2.45, 2.75) is 44.7 Å². The fraction of sp³-hybridized carbons (Fsp3) is 0.391. The van der Waals surface area contributed by atoms with Gasteiger partial charge in [0.1, 0.15) is 0 Å². The monoisotopic (exact) mass is 377 g/mol. The SMILES string of the molecule is O=C(NC1CCCC1)c1ccc(N2CCCN(Cc3ccccc3)C2=O)cc1. The molecule has 5 nitrogen and oxygen atoms in total. The van der Waals surface area contributed by atoms with Gasteiger partial charge < -0.3 is 10.2 Å². The predicted molar refractivity (Wildman–Crippen MR) is 110 cm³/mol. The number of amides is 3. The van der Waals surface area contributed by atoms with Crippen molar-refractivity contribution in [3.05, 3.63) is 65.7 Å². The first-order valence-corrected chi connectivity index (χ1v) is 10.2. The van der Waals surface area contributed by atoms with Gasteiger partial charge >= 0.3 is 6.03 Å². The second-order valence-corrected chi connectivity index (χ2v) is 7.70. The predicted octanol–water partition coefficient (Wildman–Crippen LogP) is 4.19. The van der Waals surface area contributed by atoms with Crippen LogP contribution in [0.5, 0.6) is 0 Å². The van der Waals surface area contributed by atoms with Crippen LogP contribution in [0.3, 0.4) is 0 Å². The number of hydrogen-bond acceptors (Lipinski definition) is 2. The van der Waals surface area contributed by atoms with Gasteiger partial charge in [-0.25, -0.2) is 4.79 Å². The molecule has 1 heterocycles. The molecule has 0 aromatic heterocycles. The normalized spacial score (nSPS) is 17.8. The molecule has 2 aliphatic rings. The quantitative estimate of drug-likeness (QED) is 0.849. The van der Waals surface area contributed by atoms with Crippen LogP contribution in [0.4, 0.5) is 10.5 Å².